The maximum atomic E-state index is 3.72. The van der Waals surface area contributed by atoms with Crippen LogP contribution in [0.15, 0.2) is 18.7 Å². The molecule has 0 fully saturated rings. The van der Waals surface area contributed by atoms with Gasteiger partial charge in [0.05, 0.1) is 0 Å². The van der Waals surface area contributed by atoms with Gasteiger partial charge < -0.3 is 9.55 Å². The van der Waals surface area contributed by atoms with Crippen LogP contribution in [0.3, 0.4) is 0 Å². The van der Waals surface area contributed by atoms with Crippen molar-refractivity contribution in [3.63, 3.8) is 0 Å². The quantitative estimate of drug-likeness (QED) is 0.519. The van der Waals surface area contributed by atoms with Crippen LogP contribution in [0.25, 0.3) is 0 Å². The van der Waals surface area contributed by atoms with Gasteiger partial charge in [-0.05, 0) is 12.5 Å². The predicted octanol–water partition coefficient (Wildman–Crippen LogP) is 0.520. The van der Waals surface area contributed by atoms with E-state index in [9.17, 15) is 0 Å². The molecular formula is C4H5N2Y-. The van der Waals surface area contributed by atoms with Crippen LogP contribution in [0.4, 0.5) is 0 Å². The fourth-order valence-electron chi connectivity index (χ4n) is 0.287. The Labute approximate surface area is 67.8 Å². The molecule has 2 nitrogen and oxygen atoms in total. The van der Waals surface area contributed by atoms with E-state index < -0.39 is 0 Å². The molecule has 3 heteroatoms. The molecule has 0 N–H and O–H groups in total. The Kier molecular flexibility index (Phi) is 3.30. The van der Waals surface area contributed by atoms with Gasteiger partial charge in [-0.25, -0.2) is 0 Å². The first-order valence-electron chi connectivity index (χ1n) is 1.68. The van der Waals surface area contributed by atoms with Crippen LogP contribution in [-0.2, 0) is 32.7 Å². The standard InChI is InChI=1S/C4H5N2.Y/c1-6-3-2-5-4-6;/h2-4H,1H2;/q-1;. The molecule has 0 bridgehead atoms. The summed E-state index contributed by atoms with van der Waals surface area (Å²) in [4.78, 5) is 3.72. The monoisotopic (exact) mass is 170 g/mol. The smallest absolute Gasteiger partial charge is 0 e. The molecule has 0 unspecified atom stereocenters. The summed E-state index contributed by atoms with van der Waals surface area (Å²) in [5.41, 5.74) is 0. The van der Waals surface area contributed by atoms with E-state index in [0.29, 0.717) is 0 Å². The summed E-state index contributed by atoms with van der Waals surface area (Å²) in [7, 11) is 3.53. The molecule has 0 atom stereocenters. The van der Waals surface area contributed by atoms with Crippen LogP contribution < -0.4 is 0 Å². The summed E-state index contributed by atoms with van der Waals surface area (Å²) in [5.74, 6) is 0. The van der Waals surface area contributed by atoms with Gasteiger partial charge in [0, 0.05) is 32.7 Å². The van der Waals surface area contributed by atoms with Gasteiger partial charge >= 0.3 is 0 Å². The van der Waals surface area contributed by atoms with E-state index in [4.69, 9.17) is 0 Å². The van der Waals surface area contributed by atoms with Crippen LogP contribution >= 0.6 is 0 Å². The van der Waals surface area contributed by atoms with Crippen molar-refractivity contribution in [1.82, 2.24) is 9.55 Å². The van der Waals surface area contributed by atoms with Crippen LogP contribution in [0.5, 0.6) is 0 Å². The van der Waals surface area contributed by atoms with E-state index in [-0.39, 0.29) is 32.7 Å². The third-order valence-electron chi connectivity index (χ3n) is 0.559. The van der Waals surface area contributed by atoms with E-state index >= 15 is 0 Å². The van der Waals surface area contributed by atoms with Crippen molar-refractivity contribution >= 4 is 0 Å². The van der Waals surface area contributed by atoms with Gasteiger partial charge in [-0.3, -0.25) is 0 Å². The molecule has 0 aliphatic rings. The first-order valence-corrected chi connectivity index (χ1v) is 1.68. The molecule has 1 heterocycles. The molecule has 7 heavy (non-hydrogen) atoms. The van der Waals surface area contributed by atoms with Crippen molar-refractivity contribution in [2.75, 3.05) is 0 Å². The number of rotatable bonds is 0. The second-order valence-corrected chi connectivity index (χ2v) is 1.08. The average molecular weight is 170 g/mol. The summed E-state index contributed by atoms with van der Waals surface area (Å²) < 4.78 is 1.64. The van der Waals surface area contributed by atoms with Gasteiger partial charge in [-0.1, -0.05) is 6.20 Å². The van der Waals surface area contributed by atoms with Crippen molar-refractivity contribution in [3.8, 4) is 0 Å². The Morgan fingerprint density at radius 2 is 2.29 bits per heavy atom. The summed E-state index contributed by atoms with van der Waals surface area (Å²) >= 11 is 0. The van der Waals surface area contributed by atoms with Crippen molar-refractivity contribution in [2.45, 2.75) is 0 Å². The Hall–Kier alpha value is 0.184. The van der Waals surface area contributed by atoms with Crippen molar-refractivity contribution in [1.29, 1.82) is 0 Å². The number of aromatic nitrogens is 2. The van der Waals surface area contributed by atoms with E-state index in [0.717, 1.165) is 0 Å². The second-order valence-electron chi connectivity index (χ2n) is 1.08. The number of nitrogens with zero attached hydrogens (tertiary/aromatic N) is 2. The van der Waals surface area contributed by atoms with Crippen LogP contribution in [0.2, 0.25) is 0 Å². The van der Waals surface area contributed by atoms with Gasteiger partial charge in [0.15, 0.2) is 0 Å². The molecule has 1 aromatic heterocycles. The molecule has 0 aliphatic heterocycles. The maximum Gasteiger partial charge on any atom is 0 e. The number of hydrogen-bond donors (Lipinski definition) is 0. The average Bonchev–Trinajstić information content (AvgIpc) is 1.86. The van der Waals surface area contributed by atoms with Crippen LogP contribution in [-0.4, -0.2) is 9.55 Å². The first kappa shape index (κ1) is 7.18. The summed E-state index contributed by atoms with van der Waals surface area (Å²) in [6.07, 6.45) is 5.10. The molecule has 1 radical (unpaired) electrons. The normalized spacial score (nSPS) is 7.43. The third kappa shape index (κ3) is 2.10. The second kappa shape index (κ2) is 3.22. The third-order valence-corrected chi connectivity index (χ3v) is 0.559. The van der Waals surface area contributed by atoms with Gasteiger partial charge in [0.25, 0.3) is 0 Å². The zero-order chi connectivity index (χ0) is 4.41. The SMILES string of the molecule is [CH2-]n1ccnc1.[Y]. The topological polar surface area (TPSA) is 17.8 Å². The molecule has 0 aliphatic carbocycles. The minimum absolute atomic E-state index is 0. The summed E-state index contributed by atoms with van der Waals surface area (Å²) in [5, 5.41) is 0. The molecule has 1 rings (SSSR count). The molecule has 1 aromatic rings. The van der Waals surface area contributed by atoms with Crippen molar-refractivity contribution in [2.24, 2.45) is 0 Å². The molecule has 35 valence electrons. The largest absolute Gasteiger partial charge is 0.477 e. The first-order chi connectivity index (χ1) is 2.89. The Balaban J connectivity index is 0.000000360. The van der Waals surface area contributed by atoms with E-state index in [1.807, 2.05) is 0 Å². The predicted molar refractivity (Wildman–Crippen MR) is 23.0 cm³/mol. The Morgan fingerprint density at radius 3 is 2.43 bits per heavy atom. The molecule has 0 aromatic carbocycles. The fraction of sp³-hybridized carbons (Fsp3) is 0. The Morgan fingerprint density at radius 1 is 1.57 bits per heavy atom. The van der Waals surface area contributed by atoms with Crippen molar-refractivity contribution < 1.29 is 32.7 Å². The molecular weight excluding hydrogens is 165 g/mol. The van der Waals surface area contributed by atoms with Gasteiger partial charge in [0.1, 0.15) is 0 Å². The molecule has 0 spiro atoms. The van der Waals surface area contributed by atoms with Gasteiger partial charge in [-0.15, -0.1) is 7.05 Å². The van der Waals surface area contributed by atoms with E-state index in [2.05, 4.69) is 12.0 Å². The summed E-state index contributed by atoms with van der Waals surface area (Å²) in [6, 6.07) is 0. The number of hydrogen-bond acceptors (Lipinski definition) is 1. The van der Waals surface area contributed by atoms with Gasteiger partial charge in [0.2, 0.25) is 0 Å². The fourth-order valence-corrected chi connectivity index (χ4v) is 0.287. The van der Waals surface area contributed by atoms with Crippen LogP contribution in [0, 0.1) is 7.05 Å². The number of imidazole rings is 1. The Bertz CT molecular complexity index is 113. The molecule has 0 amide bonds. The van der Waals surface area contributed by atoms with Crippen molar-refractivity contribution in [3.05, 3.63) is 25.8 Å². The minimum atomic E-state index is 0. The molecule has 0 saturated heterocycles. The van der Waals surface area contributed by atoms with Crippen LogP contribution in [0.1, 0.15) is 0 Å². The van der Waals surface area contributed by atoms with E-state index in [1.54, 1.807) is 23.3 Å². The zero-order valence-electron chi connectivity index (χ0n) is 3.91. The minimum Gasteiger partial charge on any atom is -0.477 e. The van der Waals surface area contributed by atoms with E-state index in [1.165, 1.54) is 0 Å². The maximum absolute atomic E-state index is 3.72. The molecule has 0 saturated carbocycles. The van der Waals surface area contributed by atoms with Gasteiger partial charge in [-0.2, -0.15) is 0 Å². The zero-order valence-corrected chi connectivity index (χ0v) is 6.75. The summed E-state index contributed by atoms with van der Waals surface area (Å²) in [6.45, 7) is 0.